The minimum absolute atomic E-state index is 0.107. The molecule has 59 heavy (non-hydrogen) atoms. The van der Waals surface area contributed by atoms with Crippen LogP contribution in [0.4, 0.5) is 26.3 Å². The quantitative estimate of drug-likeness (QED) is 0.0899. The molecule has 0 radical (unpaired) electrons. The molecule has 1 nitrogen and oxygen atoms in total. The second-order valence-electron chi connectivity index (χ2n) is 18.5. The van der Waals surface area contributed by atoms with E-state index in [0.717, 1.165) is 71.2 Å². The Balaban J connectivity index is 1.71. The van der Waals surface area contributed by atoms with Gasteiger partial charge in [0.2, 0.25) is 0 Å². The topological polar surface area (TPSA) is 3.24 Å². The number of halogens is 8. The zero-order chi connectivity index (χ0) is 43.4. The molecule has 13 heteroatoms. The van der Waals surface area contributed by atoms with E-state index in [1.807, 2.05) is 24.3 Å². The second kappa shape index (κ2) is 16.9. The van der Waals surface area contributed by atoms with Crippen molar-refractivity contribution >= 4 is 50.6 Å². The van der Waals surface area contributed by atoms with Crippen molar-refractivity contribution in [3.63, 3.8) is 0 Å². The van der Waals surface area contributed by atoms with Crippen LogP contribution in [0, 0.1) is 0 Å². The normalized spacial score (nSPS) is 17.9. The van der Waals surface area contributed by atoms with Crippen molar-refractivity contribution in [1.29, 1.82) is 0 Å². The van der Waals surface area contributed by atoms with Gasteiger partial charge in [-0.25, -0.2) is 0 Å². The van der Waals surface area contributed by atoms with Crippen LogP contribution in [0.5, 0.6) is 0 Å². The Bertz CT molecular complexity index is 2120. The maximum absolute atomic E-state index is 14.6. The summed E-state index contributed by atoms with van der Waals surface area (Å²) in [5, 5.41) is 0. The van der Waals surface area contributed by atoms with Crippen LogP contribution in [0.15, 0.2) is 96.1 Å². The third kappa shape index (κ3) is 9.04. The predicted octanol–water partition coefficient (Wildman–Crippen LogP) is 16.3. The second-order valence-corrected chi connectivity index (χ2v) is 50.7. The Labute approximate surface area is 357 Å². The molecule has 0 saturated carbocycles. The Hall–Kier alpha value is -2.14. The molecular weight excluding hydrogens is 910 g/mol. The molecule has 0 aromatic heterocycles. The van der Waals surface area contributed by atoms with Crippen LogP contribution < -0.4 is 0 Å². The summed E-state index contributed by atoms with van der Waals surface area (Å²) in [6.07, 6.45) is -0.148. The van der Waals surface area contributed by atoms with Gasteiger partial charge in [-0.15, -0.1) is 0 Å². The molecule has 2 unspecified atom stereocenters. The van der Waals surface area contributed by atoms with Crippen molar-refractivity contribution in [2.75, 3.05) is 0 Å². The van der Waals surface area contributed by atoms with Crippen LogP contribution in [0.2, 0.25) is 39.3 Å². The van der Waals surface area contributed by atoms with E-state index < -0.39 is 63.4 Å². The maximum atomic E-state index is 14.6. The Morgan fingerprint density at radius 3 is 1.25 bits per heavy atom. The van der Waals surface area contributed by atoms with Crippen molar-refractivity contribution in [3.05, 3.63) is 129 Å². The van der Waals surface area contributed by atoms with Crippen molar-refractivity contribution in [3.8, 4) is 22.3 Å². The summed E-state index contributed by atoms with van der Waals surface area (Å²) >= 11 is -5.82. The summed E-state index contributed by atoms with van der Waals surface area (Å²) in [6, 6.07) is 22.7. The van der Waals surface area contributed by atoms with E-state index in [1.165, 1.54) is 24.3 Å². The SMILES string of the molecule is CCCCC1=Cc2c(-c3ccccc3C(F)(F)F)cccc2[CH]1[Zr]([Cl])([Cl])([BH]N([Si](C)(C)C)[Si](C)(C)C)[CH]1C(CCCC)=Cc2c(-c3ccccc3C(F)(F)F)cccc21. The van der Waals surface area contributed by atoms with Crippen molar-refractivity contribution in [1.82, 2.24) is 4.14 Å². The third-order valence-electron chi connectivity index (χ3n) is 12.2. The average molecular weight is 965 g/mol. The van der Waals surface area contributed by atoms with Crippen LogP contribution in [-0.4, -0.2) is 25.6 Å². The third-order valence-corrected chi connectivity index (χ3v) is 39.4. The standard InChI is InChI=1S/2C20H18F3.C6H19BNSi2.2ClH.Zr/c2*1-2-3-7-14-12-15-8-6-10-16(18(15)13-14)17-9-4-5-11-19(17)20(21,22)23;1-9(2,3)8(7)10(4,5)6;;;/h2*4-6,8-13H,2-3,7H2,1H3;7H,1-6H3;2*1H;/q;;+1;;;+1/p-2. The zero-order valence-corrected chi connectivity index (χ0v) is 41.3. The number of alkyl halides is 6. The van der Waals surface area contributed by atoms with E-state index >= 15 is 0 Å². The summed E-state index contributed by atoms with van der Waals surface area (Å²) in [7, 11) is 13.6. The Kier molecular flexibility index (Phi) is 13.2. The molecule has 4 aromatic rings. The van der Waals surface area contributed by atoms with E-state index in [1.54, 1.807) is 24.3 Å². The molecule has 4 aromatic carbocycles. The fraction of sp³-hybridized carbons (Fsp3) is 0.391. The summed E-state index contributed by atoms with van der Waals surface area (Å²) in [4.78, 5) is 0.462. The van der Waals surface area contributed by atoms with Gasteiger partial charge in [0, 0.05) is 0 Å². The number of unbranched alkanes of at least 4 members (excludes halogenated alkanes) is 2. The van der Waals surface area contributed by atoms with Crippen LogP contribution >= 0.6 is 17.0 Å². The average Bonchev–Trinajstić information content (AvgIpc) is 3.74. The number of benzene rings is 4. The van der Waals surface area contributed by atoms with Gasteiger partial charge in [0.1, 0.15) is 0 Å². The molecule has 0 saturated heterocycles. The van der Waals surface area contributed by atoms with Crippen LogP contribution in [0.1, 0.15) is 93.0 Å². The van der Waals surface area contributed by atoms with Gasteiger partial charge < -0.3 is 0 Å². The summed E-state index contributed by atoms with van der Waals surface area (Å²) in [6.45, 7) is 18.2. The zero-order valence-electron chi connectivity index (χ0n) is 35.3. The van der Waals surface area contributed by atoms with Crippen molar-refractivity contribution < 1.29 is 42.5 Å². The molecule has 0 amide bonds. The van der Waals surface area contributed by atoms with Crippen LogP contribution in [0.25, 0.3) is 34.4 Å². The van der Waals surface area contributed by atoms with Gasteiger partial charge in [-0.05, 0) is 0 Å². The predicted molar refractivity (Wildman–Crippen MR) is 242 cm³/mol. The molecular formula is C46H55BCl2F6NSi2Zr. The van der Waals surface area contributed by atoms with E-state index in [9.17, 15) is 26.3 Å². The molecule has 0 heterocycles. The Morgan fingerprint density at radius 1 is 0.559 bits per heavy atom. The molecule has 2 aliphatic carbocycles. The molecule has 0 N–H and O–H groups in total. The minimum atomic E-state index is -5.82. The van der Waals surface area contributed by atoms with E-state index in [-0.39, 0.29) is 11.1 Å². The first-order chi connectivity index (χ1) is 27.4. The summed E-state index contributed by atoms with van der Waals surface area (Å²) < 4.78 is 89.6. The van der Waals surface area contributed by atoms with Gasteiger partial charge in [-0.1, -0.05) is 0 Å². The number of hydrogen-bond donors (Lipinski definition) is 0. The first-order valence-corrected chi connectivity index (χ1v) is 38.6. The molecule has 2 atom stereocenters. The number of hydrogen-bond acceptors (Lipinski definition) is 1. The monoisotopic (exact) mass is 962 g/mol. The first-order valence-electron chi connectivity index (χ1n) is 20.8. The molecule has 6 rings (SSSR count). The molecule has 0 spiro atoms. The van der Waals surface area contributed by atoms with E-state index in [0.29, 0.717) is 28.9 Å². The number of allylic oxidation sites excluding steroid dienone is 2. The van der Waals surface area contributed by atoms with Gasteiger partial charge >= 0.3 is 360 Å². The summed E-state index contributed by atoms with van der Waals surface area (Å²) in [5.74, 6) is 0. The molecule has 315 valence electrons. The number of nitrogens with zero attached hydrogens (tertiary/aromatic N) is 1. The number of rotatable bonds is 14. The van der Waals surface area contributed by atoms with Gasteiger partial charge in [-0.3, -0.25) is 0 Å². The fourth-order valence-electron chi connectivity index (χ4n) is 10.0. The van der Waals surface area contributed by atoms with Crippen molar-refractivity contribution in [2.45, 2.75) is 111 Å². The van der Waals surface area contributed by atoms with Gasteiger partial charge in [-0.2, -0.15) is 0 Å². The fourth-order valence-corrected chi connectivity index (χ4v) is 52.4. The first kappa shape index (κ1) is 46.4. The van der Waals surface area contributed by atoms with Gasteiger partial charge in [0.25, 0.3) is 0 Å². The number of fused-ring (bicyclic) bond motifs is 2. The Morgan fingerprint density at radius 2 is 0.915 bits per heavy atom. The van der Waals surface area contributed by atoms with E-state index in [4.69, 9.17) is 17.0 Å². The van der Waals surface area contributed by atoms with Gasteiger partial charge in [0.05, 0.1) is 0 Å². The van der Waals surface area contributed by atoms with Gasteiger partial charge in [0.15, 0.2) is 0 Å². The van der Waals surface area contributed by atoms with Crippen LogP contribution in [-0.2, 0) is 28.5 Å². The molecule has 0 bridgehead atoms. The molecule has 2 aliphatic rings. The summed E-state index contributed by atoms with van der Waals surface area (Å²) in [5.41, 5.74) is 5.03. The molecule has 0 fully saturated rings. The van der Waals surface area contributed by atoms with E-state index in [2.05, 4.69) is 69.4 Å². The van der Waals surface area contributed by atoms with Crippen molar-refractivity contribution in [2.24, 2.45) is 0 Å². The molecule has 0 aliphatic heterocycles. The van der Waals surface area contributed by atoms with Crippen LogP contribution in [0.3, 0.4) is 0 Å².